The molecule has 0 amide bonds. The van der Waals surface area contributed by atoms with Crippen LogP contribution in [-0.2, 0) is 0 Å². The smallest absolute Gasteiger partial charge is 0.0463 e. The van der Waals surface area contributed by atoms with Gasteiger partial charge in [0, 0.05) is 40.1 Å². The highest BCUT2D eigenvalue weighted by Crippen LogP contribution is 2.40. The minimum Gasteiger partial charge on any atom is -0.311 e. The van der Waals surface area contributed by atoms with Crippen LogP contribution in [0.2, 0.25) is 0 Å². The van der Waals surface area contributed by atoms with Gasteiger partial charge in [-0.05, 0) is 112 Å². The van der Waals surface area contributed by atoms with Crippen molar-refractivity contribution in [2.75, 3.05) is 9.80 Å². The Kier molecular flexibility index (Phi) is 9.92. The summed E-state index contributed by atoms with van der Waals surface area (Å²) in [4.78, 5) is 4.72. The zero-order valence-electron chi connectivity index (χ0n) is 31.2. The summed E-state index contributed by atoms with van der Waals surface area (Å²) in [5, 5.41) is 0. The Bertz CT molecular complexity index is 2460. The van der Waals surface area contributed by atoms with Crippen LogP contribution in [0.3, 0.4) is 0 Å². The Labute approximate surface area is 330 Å². The first-order chi connectivity index (χ1) is 27.8. The second-order valence-electron chi connectivity index (χ2n) is 14.2. The fraction of sp³-hybridized carbons (Fsp3) is 0.0370. The molecule has 8 aromatic carbocycles. The highest BCUT2D eigenvalue weighted by molar-refractivity contribution is 5.82. The van der Waals surface area contributed by atoms with E-state index in [2.05, 4.69) is 246 Å². The molecule has 0 aliphatic heterocycles. The van der Waals surface area contributed by atoms with Gasteiger partial charge in [-0.25, -0.2) is 0 Å². The molecule has 0 heterocycles. The molecule has 1 atom stereocenters. The van der Waals surface area contributed by atoms with E-state index in [1.165, 1.54) is 44.6 Å². The van der Waals surface area contributed by atoms with E-state index >= 15 is 0 Å². The zero-order chi connectivity index (χ0) is 37.5. The zero-order valence-corrected chi connectivity index (χ0v) is 31.2. The van der Waals surface area contributed by atoms with Crippen molar-refractivity contribution in [1.29, 1.82) is 0 Å². The minimum atomic E-state index is 0.361. The second kappa shape index (κ2) is 16.1. The molecule has 0 bridgehead atoms. The van der Waals surface area contributed by atoms with E-state index in [1.807, 2.05) is 0 Å². The van der Waals surface area contributed by atoms with Gasteiger partial charge in [0.15, 0.2) is 0 Å². The molecule has 268 valence electrons. The first-order valence-electron chi connectivity index (χ1n) is 19.4. The molecule has 1 aliphatic carbocycles. The summed E-state index contributed by atoms with van der Waals surface area (Å²) in [7, 11) is 0. The summed E-state index contributed by atoms with van der Waals surface area (Å²) in [6.45, 7) is 0. The minimum absolute atomic E-state index is 0.361. The average molecular weight is 719 g/mol. The van der Waals surface area contributed by atoms with Gasteiger partial charge in [-0.2, -0.15) is 0 Å². The van der Waals surface area contributed by atoms with Gasteiger partial charge in [-0.3, -0.25) is 0 Å². The molecule has 2 nitrogen and oxygen atoms in total. The number of rotatable bonds is 10. The van der Waals surface area contributed by atoms with Gasteiger partial charge in [-0.15, -0.1) is 0 Å². The predicted molar refractivity (Wildman–Crippen MR) is 237 cm³/mol. The van der Waals surface area contributed by atoms with Gasteiger partial charge in [0.1, 0.15) is 0 Å². The van der Waals surface area contributed by atoms with E-state index in [-0.39, 0.29) is 0 Å². The number of nitrogens with zero attached hydrogens (tertiary/aromatic N) is 2. The van der Waals surface area contributed by atoms with Crippen molar-refractivity contribution in [3.63, 3.8) is 0 Å². The number of hydrogen-bond donors (Lipinski definition) is 0. The van der Waals surface area contributed by atoms with Gasteiger partial charge in [0.05, 0.1) is 0 Å². The monoisotopic (exact) mass is 718 g/mol. The van der Waals surface area contributed by atoms with Crippen LogP contribution in [0.4, 0.5) is 28.4 Å². The van der Waals surface area contributed by atoms with Crippen LogP contribution in [0, 0.1) is 0 Å². The average Bonchev–Trinajstić information content (AvgIpc) is 3.29. The van der Waals surface area contributed by atoms with E-state index in [0.717, 1.165) is 34.9 Å². The fourth-order valence-electron chi connectivity index (χ4n) is 7.67. The molecule has 8 aromatic rings. The van der Waals surface area contributed by atoms with E-state index in [9.17, 15) is 0 Å². The number of benzene rings is 8. The number of allylic oxidation sites excluding steroid dienone is 3. The Morgan fingerprint density at radius 1 is 0.304 bits per heavy atom. The Balaban J connectivity index is 1.08. The fourth-order valence-corrected chi connectivity index (χ4v) is 7.67. The maximum absolute atomic E-state index is 2.38. The van der Waals surface area contributed by atoms with Crippen LogP contribution in [0.15, 0.2) is 242 Å². The van der Waals surface area contributed by atoms with Crippen LogP contribution in [-0.4, -0.2) is 0 Å². The van der Waals surface area contributed by atoms with Crippen molar-refractivity contribution in [1.82, 2.24) is 0 Å². The lowest BCUT2D eigenvalue weighted by Crippen LogP contribution is -2.17. The first-order valence-corrected chi connectivity index (χ1v) is 19.4. The standard InChI is InChI=1S/C54H42N2/c1-5-13-41(14-6-1)45-21-29-49(30-22-45)55(50-31-23-46(24-32-50)42-15-7-2-8-16-42)53-37-39-54(40-38-53)56(51-33-25-47(26-34-51)43-17-9-3-10-18-43)52-35-27-48(28-36-52)44-19-11-4-12-20-44/h1-27,29-40,48H,28H2. The maximum atomic E-state index is 2.38. The molecule has 0 fully saturated rings. The van der Waals surface area contributed by atoms with Crippen LogP contribution in [0.1, 0.15) is 17.9 Å². The molecule has 1 unspecified atom stereocenters. The highest BCUT2D eigenvalue weighted by atomic mass is 15.2. The topological polar surface area (TPSA) is 6.48 Å². The summed E-state index contributed by atoms with van der Waals surface area (Å²) in [6, 6.07) is 78.2. The van der Waals surface area contributed by atoms with Crippen molar-refractivity contribution in [3.05, 3.63) is 248 Å². The summed E-state index contributed by atoms with van der Waals surface area (Å²) < 4.78 is 0. The Hall–Kier alpha value is -7.16. The predicted octanol–water partition coefficient (Wildman–Crippen LogP) is 14.9. The van der Waals surface area contributed by atoms with Crippen LogP contribution in [0.5, 0.6) is 0 Å². The van der Waals surface area contributed by atoms with E-state index in [1.54, 1.807) is 0 Å². The van der Waals surface area contributed by atoms with Crippen molar-refractivity contribution in [2.24, 2.45) is 0 Å². The third kappa shape index (κ3) is 7.46. The molecule has 0 N–H and O–H groups in total. The van der Waals surface area contributed by atoms with Crippen molar-refractivity contribution >= 4 is 28.4 Å². The summed E-state index contributed by atoms with van der Waals surface area (Å²) >= 11 is 0. The lowest BCUT2D eigenvalue weighted by molar-refractivity contribution is 0.840. The Morgan fingerprint density at radius 2 is 0.607 bits per heavy atom. The van der Waals surface area contributed by atoms with E-state index in [4.69, 9.17) is 0 Å². The van der Waals surface area contributed by atoms with E-state index in [0.29, 0.717) is 5.92 Å². The second-order valence-corrected chi connectivity index (χ2v) is 14.2. The third-order valence-electron chi connectivity index (χ3n) is 10.6. The lowest BCUT2D eigenvalue weighted by Gasteiger charge is -2.30. The van der Waals surface area contributed by atoms with Crippen molar-refractivity contribution < 1.29 is 0 Å². The molecular weight excluding hydrogens is 677 g/mol. The van der Waals surface area contributed by atoms with Crippen LogP contribution >= 0.6 is 0 Å². The molecule has 0 saturated heterocycles. The summed E-state index contributed by atoms with van der Waals surface area (Å²) in [5.74, 6) is 0.361. The van der Waals surface area contributed by atoms with Crippen LogP contribution in [0.25, 0.3) is 33.4 Å². The normalized spacial score (nSPS) is 13.5. The van der Waals surface area contributed by atoms with Gasteiger partial charge < -0.3 is 9.80 Å². The number of anilines is 5. The summed E-state index contributed by atoms with van der Waals surface area (Å²) in [6.07, 6.45) is 7.96. The van der Waals surface area contributed by atoms with Crippen molar-refractivity contribution in [3.8, 4) is 33.4 Å². The molecule has 1 aliphatic rings. The van der Waals surface area contributed by atoms with Gasteiger partial charge >= 0.3 is 0 Å². The van der Waals surface area contributed by atoms with Crippen molar-refractivity contribution in [2.45, 2.75) is 12.3 Å². The first kappa shape index (κ1) is 34.6. The largest absolute Gasteiger partial charge is 0.311 e. The molecule has 0 saturated carbocycles. The summed E-state index contributed by atoms with van der Waals surface area (Å²) in [5.41, 5.74) is 15.3. The maximum Gasteiger partial charge on any atom is 0.0463 e. The third-order valence-corrected chi connectivity index (χ3v) is 10.6. The molecular formula is C54H42N2. The van der Waals surface area contributed by atoms with Gasteiger partial charge in [0.2, 0.25) is 0 Å². The molecule has 0 spiro atoms. The van der Waals surface area contributed by atoms with Gasteiger partial charge in [-0.1, -0.05) is 170 Å². The number of hydrogen-bond acceptors (Lipinski definition) is 2. The van der Waals surface area contributed by atoms with E-state index < -0.39 is 0 Å². The molecule has 56 heavy (non-hydrogen) atoms. The highest BCUT2D eigenvalue weighted by Gasteiger charge is 2.20. The van der Waals surface area contributed by atoms with Crippen LogP contribution < -0.4 is 9.80 Å². The molecule has 0 radical (unpaired) electrons. The lowest BCUT2D eigenvalue weighted by atomic mass is 9.91. The molecule has 2 heteroatoms. The molecule has 0 aromatic heterocycles. The molecule has 9 rings (SSSR count). The SMILES string of the molecule is C1=CC(c2ccccc2)CC=C1N(c1ccc(-c2ccccc2)cc1)c1ccc(N(c2ccc(-c3ccccc3)cc2)c2ccc(-c3ccccc3)cc2)cc1. The van der Waals surface area contributed by atoms with Gasteiger partial charge in [0.25, 0.3) is 0 Å². The Morgan fingerprint density at radius 3 is 0.946 bits per heavy atom. The quantitative estimate of drug-likeness (QED) is 0.139.